The Morgan fingerprint density at radius 1 is 0.960 bits per heavy atom. The molecular formula is C40H37N3O6S. The third-order valence-electron chi connectivity index (χ3n) is 8.40. The Kier molecular flexibility index (Phi) is 10.4. The number of hydrogen-bond acceptors (Lipinski definition) is 9. The highest BCUT2D eigenvalue weighted by atomic mass is 32.1. The Bertz CT molecular complexity index is 2330. The number of methoxy groups -OCH3 is 1. The molecule has 0 saturated carbocycles. The molecule has 0 radical (unpaired) electrons. The molecule has 1 atom stereocenters. The molecule has 0 unspecified atom stereocenters. The standard InChI is InChI=1S/C40H37N3O6S/c1-5-12-30-36(39(45)48-7-3)37(35-29-16-11-10-13-26(29)18-20-32(35)46-4)43-38(44)34(50-40(43)42-30)22-25-17-19-31(33(21-25)47-6-2)49-24-28-15-9-8-14-27(28)23-41/h8-11,13-22,37H,5-7,12,24H2,1-4H3/b34-22+/t37-/m1/s1. The highest BCUT2D eigenvalue weighted by molar-refractivity contribution is 7.07. The minimum atomic E-state index is -0.832. The molecule has 5 aromatic rings. The van der Waals surface area contributed by atoms with Crippen molar-refractivity contribution in [2.24, 2.45) is 4.99 Å². The van der Waals surface area contributed by atoms with Gasteiger partial charge < -0.3 is 18.9 Å². The van der Waals surface area contributed by atoms with Crippen molar-refractivity contribution < 1.29 is 23.7 Å². The molecule has 254 valence electrons. The number of carbonyl (C=O) groups is 1. The van der Waals surface area contributed by atoms with Crippen molar-refractivity contribution in [3.8, 4) is 23.3 Å². The average molecular weight is 688 g/mol. The molecule has 1 aliphatic rings. The highest BCUT2D eigenvalue weighted by Crippen LogP contribution is 2.41. The number of nitriles is 1. The lowest BCUT2D eigenvalue weighted by molar-refractivity contribution is -0.139. The molecule has 1 aliphatic heterocycles. The summed E-state index contributed by atoms with van der Waals surface area (Å²) in [7, 11) is 1.59. The summed E-state index contributed by atoms with van der Waals surface area (Å²) in [6, 6.07) is 25.8. The lowest BCUT2D eigenvalue weighted by atomic mass is 9.90. The zero-order valence-electron chi connectivity index (χ0n) is 28.4. The average Bonchev–Trinajstić information content (AvgIpc) is 3.44. The SMILES string of the molecule is CCCC1=C(C(=O)OCC)[C@@H](c2c(OC)ccc3ccccc23)n2c(s/c(=C/c3ccc(OCc4ccccc4C#N)c(OCC)c3)c2=O)=N1. The van der Waals surface area contributed by atoms with Crippen molar-refractivity contribution in [2.75, 3.05) is 20.3 Å². The maximum absolute atomic E-state index is 14.5. The molecule has 0 N–H and O–H groups in total. The van der Waals surface area contributed by atoms with Crippen molar-refractivity contribution in [3.05, 3.63) is 132 Å². The van der Waals surface area contributed by atoms with Gasteiger partial charge in [0.25, 0.3) is 5.56 Å². The second-order valence-electron chi connectivity index (χ2n) is 11.5. The Hall–Kier alpha value is -5.66. The van der Waals surface area contributed by atoms with E-state index < -0.39 is 12.0 Å². The van der Waals surface area contributed by atoms with Crippen LogP contribution >= 0.6 is 11.3 Å². The van der Waals surface area contributed by atoms with Crippen LogP contribution in [0.3, 0.4) is 0 Å². The molecule has 10 heteroatoms. The normalized spacial score (nSPS) is 14.1. The number of fused-ring (bicyclic) bond motifs is 2. The summed E-state index contributed by atoms with van der Waals surface area (Å²) >= 11 is 1.26. The van der Waals surface area contributed by atoms with E-state index in [0.29, 0.717) is 62.0 Å². The van der Waals surface area contributed by atoms with Gasteiger partial charge >= 0.3 is 5.97 Å². The number of rotatable bonds is 12. The van der Waals surface area contributed by atoms with Crippen molar-refractivity contribution in [1.82, 2.24) is 4.57 Å². The third kappa shape index (κ3) is 6.65. The molecular weight excluding hydrogens is 651 g/mol. The van der Waals surface area contributed by atoms with Gasteiger partial charge in [0.1, 0.15) is 18.4 Å². The first kappa shape index (κ1) is 34.2. The molecule has 50 heavy (non-hydrogen) atoms. The summed E-state index contributed by atoms with van der Waals surface area (Å²) in [4.78, 5) is 33.7. The van der Waals surface area contributed by atoms with Gasteiger partial charge in [-0.05, 0) is 66.9 Å². The molecule has 0 bridgehead atoms. The van der Waals surface area contributed by atoms with Gasteiger partial charge in [-0.3, -0.25) is 9.36 Å². The maximum Gasteiger partial charge on any atom is 0.338 e. The topological polar surface area (TPSA) is 112 Å². The van der Waals surface area contributed by atoms with E-state index in [1.807, 2.05) is 80.6 Å². The summed E-state index contributed by atoms with van der Waals surface area (Å²) in [5, 5.41) is 11.3. The molecule has 0 fully saturated rings. The Morgan fingerprint density at radius 2 is 1.74 bits per heavy atom. The minimum absolute atomic E-state index is 0.179. The van der Waals surface area contributed by atoms with Gasteiger partial charge in [-0.2, -0.15) is 5.26 Å². The van der Waals surface area contributed by atoms with E-state index in [-0.39, 0.29) is 18.8 Å². The zero-order valence-corrected chi connectivity index (χ0v) is 29.2. The summed E-state index contributed by atoms with van der Waals surface area (Å²) in [5.41, 5.74) is 3.37. The van der Waals surface area contributed by atoms with Gasteiger partial charge in [0.05, 0.1) is 47.8 Å². The van der Waals surface area contributed by atoms with Crippen LogP contribution in [0.15, 0.2) is 99.9 Å². The van der Waals surface area contributed by atoms with Crippen molar-refractivity contribution in [2.45, 2.75) is 46.3 Å². The summed E-state index contributed by atoms with van der Waals surface area (Å²) in [5.74, 6) is 1.07. The number of carbonyl (C=O) groups excluding carboxylic acids is 1. The van der Waals surface area contributed by atoms with Crippen molar-refractivity contribution in [1.29, 1.82) is 5.26 Å². The number of benzene rings is 4. The first-order valence-electron chi connectivity index (χ1n) is 16.6. The van der Waals surface area contributed by atoms with E-state index in [2.05, 4.69) is 6.07 Å². The second-order valence-corrected chi connectivity index (χ2v) is 12.5. The van der Waals surface area contributed by atoms with E-state index >= 15 is 0 Å². The second kappa shape index (κ2) is 15.3. The van der Waals surface area contributed by atoms with Crippen LogP contribution in [0.5, 0.6) is 17.2 Å². The lowest BCUT2D eigenvalue weighted by Crippen LogP contribution is -2.40. The number of aromatic nitrogens is 1. The van der Waals surface area contributed by atoms with Crippen LogP contribution < -0.4 is 29.1 Å². The third-order valence-corrected chi connectivity index (χ3v) is 9.39. The molecule has 9 nitrogen and oxygen atoms in total. The molecule has 0 saturated heterocycles. The van der Waals surface area contributed by atoms with Gasteiger partial charge in [0.15, 0.2) is 16.3 Å². The van der Waals surface area contributed by atoms with Gasteiger partial charge in [-0.15, -0.1) is 0 Å². The van der Waals surface area contributed by atoms with E-state index in [1.54, 1.807) is 36.8 Å². The molecule has 0 amide bonds. The van der Waals surface area contributed by atoms with Crippen LogP contribution in [-0.4, -0.2) is 30.9 Å². The smallest absolute Gasteiger partial charge is 0.338 e. The Balaban J connectivity index is 1.51. The fraction of sp³-hybridized carbons (Fsp3) is 0.250. The maximum atomic E-state index is 14.5. The van der Waals surface area contributed by atoms with Crippen LogP contribution in [-0.2, 0) is 16.1 Å². The van der Waals surface area contributed by atoms with Crippen molar-refractivity contribution in [3.63, 3.8) is 0 Å². The molecule has 1 aromatic heterocycles. The van der Waals surface area contributed by atoms with E-state index in [0.717, 1.165) is 28.3 Å². The summed E-state index contributed by atoms with van der Waals surface area (Å²) < 4.78 is 25.6. The first-order chi connectivity index (χ1) is 24.4. The lowest BCUT2D eigenvalue weighted by Gasteiger charge is -2.28. The largest absolute Gasteiger partial charge is 0.496 e. The number of ether oxygens (including phenoxy) is 4. The van der Waals surface area contributed by atoms with Crippen LogP contribution in [0, 0.1) is 11.3 Å². The monoisotopic (exact) mass is 687 g/mol. The molecule has 2 heterocycles. The predicted molar refractivity (Wildman–Crippen MR) is 193 cm³/mol. The van der Waals surface area contributed by atoms with Crippen molar-refractivity contribution >= 4 is 34.2 Å². The summed E-state index contributed by atoms with van der Waals surface area (Å²) in [6.45, 7) is 6.45. The molecule has 0 aliphatic carbocycles. The number of thiazole rings is 1. The Morgan fingerprint density at radius 3 is 2.50 bits per heavy atom. The van der Waals surface area contributed by atoms with Crippen LogP contribution in [0.25, 0.3) is 16.8 Å². The fourth-order valence-corrected chi connectivity index (χ4v) is 7.21. The fourth-order valence-electron chi connectivity index (χ4n) is 6.19. The number of esters is 1. The van der Waals surface area contributed by atoms with Crippen LogP contribution in [0.4, 0.5) is 0 Å². The van der Waals surface area contributed by atoms with Gasteiger partial charge in [-0.25, -0.2) is 9.79 Å². The number of hydrogen-bond donors (Lipinski definition) is 0. The van der Waals surface area contributed by atoms with E-state index in [9.17, 15) is 14.9 Å². The van der Waals surface area contributed by atoms with Crippen LogP contribution in [0.2, 0.25) is 0 Å². The van der Waals surface area contributed by atoms with Crippen LogP contribution in [0.1, 0.15) is 61.9 Å². The highest BCUT2D eigenvalue weighted by Gasteiger charge is 2.37. The van der Waals surface area contributed by atoms with Gasteiger partial charge in [0.2, 0.25) is 0 Å². The molecule has 0 spiro atoms. The van der Waals surface area contributed by atoms with E-state index in [4.69, 9.17) is 23.9 Å². The zero-order chi connectivity index (χ0) is 35.2. The first-order valence-corrected chi connectivity index (χ1v) is 17.4. The predicted octanol–water partition coefficient (Wildman–Crippen LogP) is 6.59. The van der Waals surface area contributed by atoms with Gasteiger partial charge in [-0.1, -0.05) is 79.3 Å². The Labute approximate surface area is 294 Å². The molecule has 4 aromatic carbocycles. The van der Waals surface area contributed by atoms with E-state index in [1.165, 1.54) is 11.3 Å². The number of allylic oxidation sites excluding steroid dienone is 1. The molecule has 6 rings (SSSR count). The quantitative estimate of drug-likeness (QED) is 0.136. The van der Waals surface area contributed by atoms with Gasteiger partial charge in [0, 0.05) is 11.1 Å². The minimum Gasteiger partial charge on any atom is -0.496 e. The summed E-state index contributed by atoms with van der Waals surface area (Å²) in [6.07, 6.45) is 3.07. The number of nitrogens with zero attached hydrogens (tertiary/aromatic N) is 3.